The SMILES string of the molecule is CC1=N/C(=C\c2cccc(/C=C3\N=C(C)OC3=O)c2)C(=O)O1. The van der Waals surface area contributed by atoms with Gasteiger partial charge in [0.1, 0.15) is 0 Å². The number of ether oxygens (including phenoxy) is 2. The Bertz CT molecular complexity index is 737. The second-order valence-electron chi connectivity index (χ2n) is 4.77. The Morgan fingerprint density at radius 3 is 1.68 bits per heavy atom. The van der Waals surface area contributed by atoms with Crippen LogP contribution in [0, 0.1) is 0 Å². The lowest BCUT2D eigenvalue weighted by molar-refractivity contribution is -0.130. The third-order valence-corrected chi connectivity index (χ3v) is 2.97. The van der Waals surface area contributed by atoms with Crippen molar-refractivity contribution in [2.75, 3.05) is 0 Å². The molecular weight excluding hydrogens is 284 g/mol. The average Bonchev–Trinajstić information content (AvgIpc) is 2.92. The minimum atomic E-state index is -0.471. The molecule has 0 aliphatic carbocycles. The van der Waals surface area contributed by atoms with Gasteiger partial charge in [-0.3, -0.25) is 0 Å². The van der Waals surface area contributed by atoms with Gasteiger partial charge in [0.25, 0.3) is 0 Å². The van der Waals surface area contributed by atoms with Crippen LogP contribution >= 0.6 is 0 Å². The Kier molecular flexibility index (Phi) is 3.42. The molecule has 2 heterocycles. The molecule has 0 radical (unpaired) electrons. The highest BCUT2D eigenvalue weighted by Crippen LogP contribution is 2.19. The number of carbonyl (C=O) groups excluding carboxylic acids is 2. The quantitative estimate of drug-likeness (QED) is 0.620. The lowest BCUT2D eigenvalue weighted by Gasteiger charge is -1.98. The first-order chi connectivity index (χ1) is 10.5. The Hall–Kier alpha value is -3.02. The summed E-state index contributed by atoms with van der Waals surface area (Å²) in [4.78, 5) is 31.1. The highest BCUT2D eigenvalue weighted by atomic mass is 16.6. The van der Waals surface area contributed by atoms with E-state index in [1.54, 1.807) is 26.0 Å². The van der Waals surface area contributed by atoms with Crippen LogP contribution in [0.4, 0.5) is 0 Å². The maximum atomic E-state index is 11.5. The van der Waals surface area contributed by atoms with E-state index >= 15 is 0 Å². The second-order valence-corrected chi connectivity index (χ2v) is 4.77. The zero-order valence-electron chi connectivity index (χ0n) is 12.0. The number of nitrogens with zero attached hydrogens (tertiary/aromatic N) is 2. The standard InChI is InChI=1S/C16H12N2O4/c1-9-17-13(15(19)21-9)7-11-4-3-5-12(6-11)8-14-16(20)22-10(2)18-14/h3-8H,1-2H3/b13-7-,14-8-. The maximum absolute atomic E-state index is 11.5. The van der Waals surface area contributed by atoms with Crippen molar-refractivity contribution in [1.82, 2.24) is 0 Å². The topological polar surface area (TPSA) is 77.3 Å². The summed E-state index contributed by atoms with van der Waals surface area (Å²) in [6.45, 7) is 3.23. The minimum absolute atomic E-state index is 0.247. The van der Waals surface area contributed by atoms with Gasteiger partial charge in [-0.15, -0.1) is 0 Å². The molecule has 6 heteroatoms. The van der Waals surface area contributed by atoms with Crippen LogP contribution in [0.5, 0.6) is 0 Å². The summed E-state index contributed by atoms with van der Waals surface area (Å²) in [7, 11) is 0. The van der Waals surface area contributed by atoms with E-state index in [1.165, 1.54) is 0 Å². The molecular formula is C16H12N2O4. The first-order valence-corrected chi connectivity index (χ1v) is 6.60. The van der Waals surface area contributed by atoms with Crippen LogP contribution in [0.3, 0.4) is 0 Å². The summed E-state index contributed by atoms with van der Waals surface area (Å²) in [5, 5.41) is 0. The lowest BCUT2D eigenvalue weighted by atomic mass is 10.1. The van der Waals surface area contributed by atoms with E-state index in [-0.39, 0.29) is 11.4 Å². The monoisotopic (exact) mass is 296 g/mol. The Morgan fingerprint density at radius 1 is 0.864 bits per heavy atom. The molecule has 1 aromatic rings. The highest BCUT2D eigenvalue weighted by Gasteiger charge is 2.20. The van der Waals surface area contributed by atoms with Crippen molar-refractivity contribution in [3.63, 3.8) is 0 Å². The molecule has 0 N–H and O–H groups in total. The number of benzene rings is 1. The number of aliphatic imine (C=N–C) groups is 2. The molecule has 6 nitrogen and oxygen atoms in total. The Morgan fingerprint density at radius 2 is 1.32 bits per heavy atom. The molecule has 22 heavy (non-hydrogen) atoms. The first-order valence-electron chi connectivity index (χ1n) is 6.60. The Labute approximate surface area is 126 Å². The second kappa shape index (κ2) is 5.40. The molecule has 1 aromatic carbocycles. The van der Waals surface area contributed by atoms with Crippen LogP contribution in [0.1, 0.15) is 25.0 Å². The van der Waals surface area contributed by atoms with E-state index in [2.05, 4.69) is 9.98 Å². The molecule has 0 aromatic heterocycles. The van der Waals surface area contributed by atoms with Gasteiger partial charge in [0.05, 0.1) is 0 Å². The van der Waals surface area contributed by atoms with Crippen LogP contribution in [-0.2, 0) is 19.1 Å². The van der Waals surface area contributed by atoms with E-state index in [9.17, 15) is 9.59 Å². The molecule has 0 spiro atoms. The zero-order valence-corrected chi connectivity index (χ0v) is 12.0. The normalized spacial score (nSPS) is 21.0. The molecule has 110 valence electrons. The van der Waals surface area contributed by atoms with E-state index in [1.807, 2.05) is 24.3 Å². The average molecular weight is 296 g/mol. The third kappa shape index (κ3) is 2.85. The minimum Gasteiger partial charge on any atom is -0.407 e. The first kappa shape index (κ1) is 13.9. The van der Waals surface area contributed by atoms with Gasteiger partial charge in [0, 0.05) is 13.8 Å². The maximum Gasteiger partial charge on any atom is 0.363 e. The van der Waals surface area contributed by atoms with Gasteiger partial charge in [0.2, 0.25) is 0 Å². The smallest absolute Gasteiger partial charge is 0.363 e. The van der Waals surface area contributed by atoms with Gasteiger partial charge in [-0.25, -0.2) is 19.6 Å². The number of cyclic esters (lactones) is 2. The molecule has 3 rings (SSSR count). The Balaban J connectivity index is 1.91. The zero-order chi connectivity index (χ0) is 15.7. The number of carbonyl (C=O) groups is 2. The molecule has 0 bridgehead atoms. The van der Waals surface area contributed by atoms with Crippen LogP contribution in [0.15, 0.2) is 45.6 Å². The van der Waals surface area contributed by atoms with Gasteiger partial charge in [-0.05, 0) is 29.3 Å². The van der Waals surface area contributed by atoms with Crippen LogP contribution < -0.4 is 0 Å². The lowest BCUT2D eigenvalue weighted by Crippen LogP contribution is -2.00. The van der Waals surface area contributed by atoms with E-state index in [4.69, 9.17) is 9.47 Å². The van der Waals surface area contributed by atoms with E-state index in [0.29, 0.717) is 11.8 Å². The largest absolute Gasteiger partial charge is 0.407 e. The summed E-state index contributed by atoms with van der Waals surface area (Å²) in [6, 6.07) is 7.28. The third-order valence-electron chi connectivity index (χ3n) is 2.97. The molecule has 0 unspecified atom stereocenters. The van der Waals surface area contributed by atoms with Crippen molar-refractivity contribution in [2.45, 2.75) is 13.8 Å². The predicted molar refractivity (Wildman–Crippen MR) is 80.8 cm³/mol. The van der Waals surface area contributed by atoms with E-state index < -0.39 is 11.9 Å². The van der Waals surface area contributed by atoms with Crippen molar-refractivity contribution in [3.05, 3.63) is 46.8 Å². The molecule has 0 fully saturated rings. The number of hydrogen-bond donors (Lipinski definition) is 0. The van der Waals surface area contributed by atoms with Crippen molar-refractivity contribution in [1.29, 1.82) is 0 Å². The van der Waals surface area contributed by atoms with Gasteiger partial charge in [-0.1, -0.05) is 18.2 Å². The predicted octanol–water partition coefficient (Wildman–Crippen LogP) is 2.32. The summed E-state index contributed by atoms with van der Waals surface area (Å²) in [6.07, 6.45) is 3.25. The molecule has 0 saturated carbocycles. The van der Waals surface area contributed by atoms with Gasteiger partial charge in [0.15, 0.2) is 23.2 Å². The van der Waals surface area contributed by atoms with Crippen LogP contribution in [0.25, 0.3) is 12.2 Å². The molecule has 0 amide bonds. The molecule has 0 saturated heterocycles. The van der Waals surface area contributed by atoms with Crippen LogP contribution in [0.2, 0.25) is 0 Å². The summed E-state index contributed by atoms with van der Waals surface area (Å²) >= 11 is 0. The fourth-order valence-electron chi connectivity index (χ4n) is 2.09. The molecule has 2 aliphatic heterocycles. The summed E-state index contributed by atoms with van der Waals surface area (Å²) in [5.41, 5.74) is 2.03. The highest BCUT2D eigenvalue weighted by molar-refractivity contribution is 6.07. The fourth-order valence-corrected chi connectivity index (χ4v) is 2.09. The van der Waals surface area contributed by atoms with Crippen molar-refractivity contribution >= 4 is 35.9 Å². The van der Waals surface area contributed by atoms with Gasteiger partial charge >= 0.3 is 11.9 Å². The van der Waals surface area contributed by atoms with Crippen molar-refractivity contribution < 1.29 is 19.1 Å². The van der Waals surface area contributed by atoms with Crippen molar-refractivity contribution in [2.24, 2.45) is 9.98 Å². The van der Waals surface area contributed by atoms with E-state index in [0.717, 1.165) is 11.1 Å². The van der Waals surface area contributed by atoms with Crippen molar-refractivity contribution in [3.8, 4) is 0 Å². The number of rotatable bonds is 2. The van der Waals surface area contributed by atoms with Gasteiger partial charge in [-0.2, -0.15) is 0 Å². The number of hydrogen-bond acceptors (Lipinski definition) is 6. The van der Waals surface area contributed by atoms with Crippen LogP contribution in [-0.4, -0.2) is 23.7 Å². The molecule has 0 atom stereocenters. The summed E-state index contributed by atoms with van der Waals surface area (Å²) < 4.78 is 9.72. The number of esters is 2. The fraction of sp³-hybridized carbons (Fsp3) is 0.125. The molecule has 2 aliphatic rings. The summed E-state index contributed by atoms with van der Waals surface area (Å²) in [5.74, 6) is -0.289. The van der Waals surface area contributed by atoms with Gasteiger partial charge < -0.3 is 9.47 Å².